The number of anilines is 1. The molecule has 0 aliphatic heterocycles. The molecule has 0 aromatic heterocycles. The van der Waals surface area contributed by atoms with E-state index in [9.17, 15) is 15.3 Å². The Balaban J connectivity index is 2.06. The van der Waals surface area contributed by atoms with Crippen LogP contribution >= 0.6 is 12.8 Å². The lowest BCUT2D eigenvalue weighted by Crippen LogP contribution is -2.41. The third-order valence-electron chi connectivity index (χ3n) is 3.48. The molecule has 0 amide bonds. The van der Waals surface area contributed by atoms with E-state index in [0.29, 0.717) is 5.69 Å². The van der Waals surface area contributed by atoms with Gasteiger partial charge >= 0.3 is 5.69 Å². The molecule has 0 bridgehead atoms. The number of hydrogen-bond donors (Lipinski definition) is 3. The number of hydrogen-bond acceptors (Lipinski definition) is 5. The van der Waals surface area contributed by atoms with E-state index in [1.165, 1.54) is 18.2 Å². The molecule has 6 nitrogen and oxygen atoms in total. The van der Waals surface area contributed by atoms with Gasteiger partial charge in [0.05, 0.1) is 10.6 Å². The molecule has 3 aromatic rings. The molecular formula is C16H14N3O3S+. The predicted octanol–water partition coefficient (Wildman–Crippen LogP) is 4.32. The summed E-state index contributed by atoms with van der Waals surface area (Å²) >= 11 is 4.15. The fourth-order valence-corrected chi connectivity index (χ4v) is 2.71. The zero-order valence-electron chi connectivity index (χ0n) is 12.0. The Hall–Kier alpha value is -2.61. The number of nitrogens with one attached hydrogen (secondary N) is 1. The first-order valence-electron chi connectivity index (χ1n) is 6.83. The van der Waals surface area contributed by atoms with Gasteiger partial charge in [-0.1, -0.05) is 48.5 Å². The molecule has 1 unspecified atom stereocenters. The summed E-state index contributed by atoms with van der Waals surface area (Å²) in [6, 6.07) is 19.1. The number of fused-ring (bicyclic) bond motifs is 1. The molecule has 116 valence electrons. The number of nitro benzene ring substituents is 1. The van der Waals surface area contributed by atoms with Gasteiger partial charge in [-0.2, -0.15) is 10.6 Å². The van der Waals surface area contributed by atoms with E-state index >= 15 is 0 Å². The van der Waals surface area contributed by atoms with Crippen LogP contribution in [-0.4, -0.2) is 10.1 Å². The highest BCUT2D eigenvalue weighted by Crippen LogP contribution is 2.35. The Kier molecular flexibility index (Phi) is 3.91. The minimum atomic E-state index is -1.13. The van der Waals surface area contributed by atoms with Gasteiger partial charge in [-0.3, -0.25) is 10.1 Å². The topological polar surface area (TPSA) is 75.4 Å². The predicted molar refractivity (Wildman–Crippen MR) is 93.2 cm³/mol. The molecule has 0 aliphatic rings. The average Bonchev–Trinajstić information content (AvgIpc) is 2.55. The SMILES string of the molecule is O=[N+]([O-])c1ccccc1[N+](O)(S)Nc1cccc2ccccc12. The first-order chi connectivity index (χ1) is 11.0. The maximum absolute atomic E-state index is 11.2. The van der Waals surface area contributed by atoms with Crippen molar-refractivity contribution < 1.29 is 10.1 Å². The molecule has 0 fully saturated rings. The maximum atomic E-state index is 11.2. The molecule has 0 spiro atoms. The van der Waals surface area contributed by atoms with Gasteiger partial charge in [-0.25, -0.2) is 0 Å². The van der Waals surface area contributed by atoms with Gasteiger partial charge in [0.15, 0.2) is 0 Å². The molecule has 0 heterocycles. The van der Waals surface area contributed by atoms with E-state index in [1.807, 2.05) is 36.4 Å². The summed E-state index contributed by atoms with van der Waals surface area (Å²) in [7, 11) is 0. The third-order valence-corrected chi connectivity index (χ3v) is 3.80. The van der Waals surface area contributed by atoms with Crippen molar-refractivity contribution in [1.82, 2.24) is 4.16 Å². The smallest absolute Gasteiger partial charge is 0.258 e. The van der Waals surface area contributed by atoms with Gasteiger partial charge in [0.25, 0.3) is 5.69 Å². The number of quaternary nitrogens is 1. The molecule has 2 N–H and O–H groups in total. The molecule has 0 saturated heterocycles. The minimum Gasteiger partial charge on any atom is -0.258 e. The minimum absolute atomic E-state index is 0.0220. The number of nitrogens with zero attached hydrogens (tertiary/aromatic N) is 2. The van der Waals surface area contributed by atoms with Gasteiger partial charge in [0, 0.05) is 21.7 Å². The lowest BCUT2D eigenvalue weighted by molar-refractivity contribution is -0.385. The quantitative estimate of drug-likeness (QED) is 0.289. The summed E-state index contributed by atoms with van der Waals surface area (Å²) < 4.78 is -1.13. The largest absolute Gasteiger partial charge is 0.336 e. The van der Waals surface area contributed by atoms with E-state index < -0.39 is 9.08 Å². The second-order valence-corrected chi connectivity index (χ2v) is 5.56. The molecule has 3 aromatic carbocycles. The fraction of sp³-hybridized carbons (Fsp3) is 0. The highest BCUT2D eigenvalue weighted by molar-refractivity contribution is 7.79. The molecular weight excluding hydrogens is 314 g/mol. The zero-order valence-corrected chi connectivity index (χ0v) is 12.9. The lowest BCUT2D eigenvalue weighted by Gasteiger charge is -2.23. The van der Waals surface area contributed by atoms with Crippen molar-refractivity contribution in [1.29, 1.82) is 0 Å². The van der Waals surface area contributed by atoms with Crippen molar-refractivity contribution in [3.63, 3.8) is 0 Å². The number of para-hydroxylation sites is 2. The summed E-state index contributed by atoms with van der Waals surface area (Å²) in [4.78, 5) is 10.6. The van der Waals surface area contributed by atoms with Crippen LogP contribution in [0.5, 0.6) is 0 Å². The van der Waals surface area contributed by atoms with Crippen LogP contribution in [0.3, 0.4) is 0 Å². The summed E-state index contributed by atoms with van der Waals surface area (Å²) in [5.41, 5.74) is 3.23. The Morgan fingerprint density at radius 1 is 1.00 bits per heavy atom. The van der Waals surface area contributed by atoms with E-state index in [-0.39, 0.29) is 11.4 Å². The van der Waals surface area contributed by atoms with Crippen LogP contribution in [0.4, 0.5) is 17.1 Å². The van der Waals surface area contributed by atoms with Crippen LogP contribution in [0.2, 0.25) is 0 Å². The third kappa shape index (κ3) is 2.98. The summed E-state index contributed by atoms with van der Waals surface area (Å²) in [5, 5.41) is 23.6. The van der Waals surface area contributed by atoms with Gasteiger partial charge in [-0.15, -0.1) is 0 Å². The highest BCUT2D eigenvalue weighted by Gasteiger charge is 2.35. The summed E-state index contributed by atoms with van der Waals surface area (Å²) in [5.74, 6) is 0. The van der Waals surface area contributed by atoms with Gasteiger partial charge in [0.2, 0.25) is 0 Å². The van der Waals surface area contributed by atoms with Crippen molar-refractivity contribution in [2.24, 2.45) is 0 Å². The zero-order chi connectivity index (χ0) is 16.4. The van der Waals surface area contributed by atoms with Crippen molar-refractivity contribution in [2.45, 2.75) is 0 Å². The van der Waals surface area contributed by atoms with Crippen molar-refractivity contribution in [3.8, 4) is 0 Å². The van der Waals surface area contributed by atoms with E-state index in [2.05, 4.69) is 18.2 Å². The number of benzene rings is 3. The second-order valence-electron chi connectivity index (χ2n) is 4.99. The van der Waals surface area contributed by atoms with Crippen LogP contribution in [0.1, 0.15) is 0 Å². The van der Waals surface area contributed by atoms with E-state index in [0.717, 1.165) is 10.8 Å². The van der Waals surface area contributed by atoms with Crippen LogP contribution in [0.15, 0.2) is 66.7 Å². The normalized spacial score (nSPS) is 13.5. The van der Waals surface area contributed by atoms with Crippen molar-refractivity contribution in [2.75, 3.05) is 5.43 Å². The number of rotatable bonds is 4. The Bertz CT molecular complexity index is 878. The number of nitro groups is 1. The van der Waals surface area contributed by atoms with Gasteiger partial charge < -0.3 is 0 Å². The van der Waals surface area contributed by atoms with Crippen LogP contribution in [-0.2, 0) is 0 Å². The van der Waals surface area contributed by atoms with Gasteiger partial charge in [-0.05, 0) is 11.5 Å². The summed E-state index contributed by atoms with van der Waals surface area (Å²) in [6.07, 6.45) is 0. The highest BCUT2D eigenvalue weighted by atomic mass is 32.1. The van der Waals surface area contributed by atoms with Crippen molar-refractivity contribution in [3.05, 3.63) is 76.8 Å². The van der Waals surface area contributed by atoms with Crippen LogP contribution in [0, 0.1) is 10.1 Å². The van der Waals surface area contributed by atoms with E-state index in [4.69, 9.17) is 0 Å². The molecule has 1 atom stereocenters. The first kappa shape index (κ1) is 15.3. The molecule has 7 heteroatoms. The fourth-order valence-electron chi connectivity index (χ4n) is 2.43. The second kappa shape index (κ2) is 5.88. The molecule has 0 radical (unpaired) electrons. The Morgan fingerprint density at radius 3 is 2.43 bits per heavy atom. The molecule has 0 aliphatic carbocycles. The first-order valence-corrected chi connectivity index (χ1v) is 7.23. The monoisotopic (exact) mass is 328 g/mol. The van der Waals surface area contributed by atoms with Crippen molar-refractivity contribution >= 4 is 40.6 Å². The Morgan fingerprint density at radius 2 is 1.65 bits per heavy atom. The molecule has 3 rings (SSSR count). The number of thiol groups is 1. The van der Waals surface area contributed by atoms with Gasteiger partial charge in [0.1, 0.15) is 12.8 Å². The van der Waals surface area contributed by atoms with E-state index in [1.54, 1.807) is 12.1 Å². The maximum Gasteiger partial charge on any atom is 0.336 e. The van der Waals surface area contributed by atoms with Crippen LogP contribution in [0.25, 0.3) is 10.8 Å². The molecule has 23 heavy (non-hydrogen) atoms. The van der Waals surface area contributed by atoms with Crippen LogP contribution < -0.4 is 9.59 Å². The standard InChI is InChI=1S/C16H14N3O3S/c20-18(21)15-10-3-4-11-16(15)19(22,23)17-14-9-5-7-12-6-1-2-8-13(12)14/h1-11,17,22-23H/q+1. The summed E-state index contributed by atoms with van der Waals surface area (Å²) in [6.45, 7) is 0. The average molecular weight is 328 g/mol. The lowest BCUT2D eigenvalue weighted by atomic mass is 10.1. The molecule has 0 saturated carbocycles. The Labute approximate surface area is 137 Å².